The number of carbonyl (C=O) groups is 1. The van der Waals surface area contributed by atoms with E-state index < -0.39 is 0 Å². The summed E-state index contributed by atoms with van der Waals surface area (Å²) < 4.78 is 6.85. The SMILES string of the molecule is O=C(CCOc1ccc(Cl)cc1)n1ccnc1. The molecule has 88 valence electrons. The Morgan fingerprint density at radius 3 is 2.76 bits per heavy atom. The molecule has 4 nitrogen and oxygen atoms in total. The molecular weight excluding hydrogens is 240 g/mol. The van der Waals surface area contributed by atoms with Crippen molar-refractivity contribution >= 4 is 17.5 Å². The molecule has 0 amide bonds. The van der Waals surface area contributed by atoms with E-state index in [1.807, 2.05) is 0 Å². The maximum absolute atomic E-state index is 11.6. The first-order chi connectivity index (χ1) is 8.25. The number of aromatic nitrogens is 2. The van der Waals surface area contributed by atoms with Crippen LogP contribution in [-0.2, 0) is 0 Å². The first kappa shape index (κ1) is 11.7. The predicted octanol–water partition coefficient (Wildman–Crippen LogP) is 2.65. The molecule has 2 rings (SSSR count). The number of carbonyl (C=O) groups excluding carboxylic acids is 1. The van der Waals surface area contributed by atoms with Gasteiger partial charge in [0.1, 0.15) is 12.1 Å². The van der Waals surface area contributed by atoms with Crippen molar-refractivity contribution in [2.75, 3.05) is 6.61 Å². The van der Waals surface area contributed by atoms with Gasteiger partial charge in [-0.2, -0.15) is 0 Å². The van der Waals surface area contributed by atoms with Crippen LogP contribution in [0.5, 0.6) is 5.75 Å². The largest absolute Gasteiger partial charge is 0.493 e. The molecule has 0 aliphatic carbocycles. The normalized spacial score (nSPS) is 10.2. The van der Waals surface area contributed by atoms with Crippen LogP contribution in [0.15, 0.2) is 43.0 Å². The highest BCUT2D eigenvalue weighted by Crippen LogP contribution is 2.15. The molecule has 1 aromatic carbocycles. The number of hydrogen-bond acceptors (Lipinski definition) is 3. The van der Waals surface area contributed by atoms with Gasteiger partial charge in [0.2, 0.25) is 5.91 Å². The minimum atomic E-state index is -0.0449. The maximum atomic E-state index is 11.6. The van der Waals surface area contributed by atoms with E-state index >= 15 is 0 Å². The molecule has 0 saturated carbocycles. The Morgan fingerprint density at radius 1 is 1.35 bits per heavy atom. The molecule has 0 N–H and O–H groups in total. The van der Waals surface area contributed by atoms with Crippen LogP contribution in [0.1, 0.15) is 11.2 Å². The monoisotopic (exact) mass is 250 g/mol. The van der Waals surface area contributed by atoms with Crippen molar-refractivity contribution in [3.8, 4) is 5.75 Å². The van der Waals surface area contributed by atoms with Crippen molar-refractivity contribution in [1.29, 1.82) is 0 Å². The molecule has 0 aliphatic heterocycles. The number of benzene rings is 1. The second-order valence-electron chi connectivity index (χ2n) is 3.42. The van der Waals surface area contributed by atoms with E-state index in [-0.39, 0.29) is 5.91 Å². The van der Waals surface area contributed by atoms with Crippen LogP contribution in [0, 0.1) is 0 Å². The van der Waals surface area contributed by atoms with Gasteiger partial charge in [-0.25, -0.2) is 4.98 Å². The summed E-state index contributed by atoms with van der Waals surface area (Å²) in [6.07, 6.45) is 4.96. The number of hydrogen-bond donors (Lipinski definition) is 0. The first-order valence-corrected chi connectivity index (χ1v) is 5.53. The Morgan fingerprint density at radius 2 is 2.12 bits per heavy atom. The Kier molecular flexibility index (Phi) is 3.77. The molecule has 2 aromatic rings. The molecule has 0 spiro atoms. The molecule has 0 radical (unpaired) electrons. The summed E-state index contributed by atoms with van der Waals surface area (Å²) in [6, 6.07) is 7.03. The van der Waals surface area contributed by atoms with E-state index in [1.54, 1.807) is 36.7 Å². The highest BCUT2D eigenvalue weighted by Gasteiger charge is 2.03. The Hall–Kier alpha value is -1.81. The van der Waals surface area contributed by atoms with Gasteiger partial charge in [-0.1, -0.05) is 11.6 Å². The second-order valence-corrected chi connectivity index (χ2v) is 3.85. The third kappa shape index (κ3) is 3.32. The van der Waals surface area contributed by atoms with Crippen molar-refractivity contribution in [1.82, 2.24) is 9.55 Å². The van der Waals surface area contributed by atoms with Gasteiger partial charge in [-0.3, -0.25) is 9.36 Å². The van der Waals surface area contributed by atoms with Gasteiger partial charge < -0.3 is 4.74 Å². The molecule has 0 aliphatic rings. The lowest BCUT2D eigenvalue weighted by molar-refractivity contribution is 0.0881. The molecule has 0 atom stereocenters. The number of halogens is 1. The highest BCUT2D eigenvalue weighted by molar-refractivity contribution is 6.30. The molecular formula is C12H11ClN2O2. The first-order valence-electron chi connectivity index (χ1n) is 5.15. The molecule has 0 fully saturated rings. The lowest BCUT2D eigenvalue weighted by Crippen LogP contribution is -2.12. The average molecular weight is 251 g/mol. The predicted molar refractivity (Wildman–Crippen MR) is 64.4 cm³/mol. The minimum Gasteiger partial charge on any atom is -0.493 e. The maximum Gasteiger partial charge on any atom is 0.235 e. The number of rotatable bonds is 4. The molecule has 5 heteroatoms. The third-order valence-corrected chi connectivity index (χ3v) is 2.44. The summed E-state index contributed by atoms with van der Waals surface area (Å²) >= 11 is 5.74. The Labute approximate surface area is 104 Å². The van der Waals surface area contributed by atoms with Crippen molar-refractivity contribution in [2.24, 2.45) is 0 Å². The van der Waals surface area contributed by atoms with Crippen LogP contribution in [0.4, 0.5) is 0 Å². The number of nitrogens with zero attached hydrogens (tertiary/aromatic N) is 2. The zero-order chi connectivity index (χ0) is 12.1. The van der Waals surface area contributed by atoms with Gasteiger partial charge in [0.25, 0.3) is 0 Å². The molecule has 17 heavy (non-hydrogen) atoms. The van der Waals surface area contributed by atoms with Gasteiger partial charge in [-0.15, -0.1) is 0 Å². The zero-order valence-electron chi connectivity index (χ0n) is 9.04. The van der Waals surface area contributed by atoms with Gasteiger partial charge in [0.05, 0.1) is 13.0 Å². The van der Waals surface area contributed by atoms with Crippen LogP contribution in [-0.4, -0.2) is 22.1 Å². The molecule has 0 saturated heterocycles. The van der Waals surface area contributed by atoms with Gasteiger partial charge in [0, 0.05) is 17.4 Å². The zero-order valence-corrected chi connectivity index (χ0v) is 9.80. The van der Waals surface area contributed by atoms with Gasteiger partial charge in [-0.05, 0) is 24.3 Å². The van der Waals surface area contributed by atoms with Crippen molar-refractivity contribution in [2.45, 2.75) is 6.42 Å². The summed E-state index contributed by atoms with van der Waals surface area (Å²) in [7, 11) is 0. The second kappa shape index (κ2) is 5.50. The van der Waals surface area contributed by atoms with Crippen LogP contribution in [0.3, 0.4) is 0 Å². The fourth-order valence-corrected chi connectivity index (χ4v) is 1.45. The van der Waals surface area contributed by atoms with Crippen molar-refractivity contribution in [3.05, 3.63) is 48.0 Å². The summed E-state index contributed by atoms with van der Waals surface area (Å²) in [5, 5.41) is 0.659. The molecule has 1 aromatic heterocycles. The van der Waals surface area contributed by atoms with E-state index in [9.17, 15) is 4.79 Å². The highest BCUT2D eigenvalue weighted by atomic mass is 35.5. The summed E-state index contributed by atoms with van der Waals surface area (Å²) in [5.74, 6) is 0.657. The van der Waals surface area contributed by atoms with E-state index in [2.05, 4.69) is 4.98 Å². The lowest BCUT2D eigenvalue weighted by Gasteiger charge is -2.05. The van der Waals surface area contributed by atoms with Crippen LogP contribution in [0.2, 0.25) is 5.02 Å². The lowest BCUT2D eigenvalue weighted by atomic mass is 10.3. The number of ether oxygens (including phenoxy) is 1. The summed E-state index contributed by atoms with van der Waals surface area (Å²) in [4.78, 5) is 15.4. The third-order valence-electron chi connectivity index (χ3n) is 2.19. The molecule has 0 unspecified atom stereocenters. The summed E-state index contributed by atoms with van der Waals surface area (Å²) in [6.45, 7) is 0.332. The van der Waals surface area contributed by atoms with Crippen molar-refractivity contribution in [3.63, 3.8) is 0 Å². The Bertz CT molecular complexity index is 480. The standard InChI is InChI=1S/C12H11ClN2O2/c13-10-1-3-11(4-2-10)17-8-5-12(16)15-7-6-14-9-15/h1-4,6-7,9H,5,8H2. The minimum absolute atomic E-state index is 0.0449. The number of imidazole rings is 1. The molecule has 1 heterocycles. The van der Waals surface area contributed by atoms with E-state index in [0.717, 1.165) is 0 Å². The average Bonchev–Trinajstić information content (AvgIpc) is 2.85. The fourth-order valence-electron chi connectivity index (χ4n) is 1.32. The fraction of sp³-hybridized carbons (Fsp3) is 0.167. The van der Waals surface area contributed by atoms with Gasteiger partial charge >= 0.3 is 0 Å². The summed E-state index contributed by atoms with van der Waals surface area (Å²) in [5.41, 5.74) is 0. The van der Waals surface area contributed by atoms with Crippen LogP contribution >= 0.6 is 11.6 Å². The molecule has 0 bridgehead atoms. The van der Waals surface area contributed by atoms with Crippen LogP contribution < -0.4 is 4.74 Å². The van der Waals surface area contributed by atoms with Gasteiger partial charge in [0.15, 0.2) is 0 Å². The van der Waals surface area contributed by atoms with E-state index in [4.69, 9.17) is 16.3 Å². The van der Waals surface area contributed by atoms with E-state index in [0.29, 0.717) is 23.8 Å². The Balaban J connectivity index is 1.80. The smallest absolute Gasteiger partial charge is 0.235 e. The quantitative estimate of drug-likeness (QED) is 0.838. The van der Waals surface area contributed by atoms with Crippen LogP contribution in [0.25, 0.3) is 0 Å². The van der Waals surface area contributed by atoms with Crippen molar-refractivity contribution < 1.29 is 9.53 Å². The topological polar surface area (TPSA) is 44.1 Å². The van der Waals surface area contributed by atoms with E-state index in [1.165, 1.54) is 10.9 Å².